The number of ether oxygens (including phenoxy) is 2. The zero-order valence-electron chi connectivity index (χ0n) is 16.7. The molecule has 2 atom stereocenters. The molecule has 3 aromatic carbocycles. The van der Waals surface area contributed by atoms with Crippen molar-refractivity contribution in [1.82, 2.24) is 4.90 Å². The summed E-state index contributed by atoms with van der Waals surface area (Å²) in [6.45, 7) is 2.66. The van der Waals surface area contributed by atoms with Crippen molar-refractivity contribution < 1.29 is 9.47 Å². The lowest BCUT2D eigenvalue weighted by Gasteiger charge is -2.37. The molecule has 0 aromatic heterocycles. The van der Waals surface area contributed by atoms with Crippen LogP contribution >= 0.6 is 12.4 Å². The molecule has 3 nitrogen and oxygen atoms in total. The van der Waals surface area contributed by atoms with Gasteiger partial charge in [0.25, 0.3) is 0 Å². The summed E-state index contributed by atoms with van der Waals surface area (Å²) >= 11 is 0. The van der Waals surface area contributed by atoms with Gasteiger partial charge in [-0.15, -0.1) is 12.4 Å². The molecule has 0 amide bonds. The minimum atomic E-state index is 0. The molecular weight excluding hydrogens is 382 g/mol. The predicted molar refractivity (Wildman–Crippen MR) is 120 cm³/mol. The summed E-state index contributed by atoms with van der Waals surface area (Å²) in [6, 6.07) is 28.9. The molecule has 4 rings (SSSR count). The van der Waals surface area contributed by atoms with Crippen LogP contribution in [-0.4, -0.2) is 31.1 Å². The number of halogens is 1. The van der Waals surface area contributed by atoms with E-state index in [1.54, 1.807) is 0 Å². The first-order valence-corrected chi connectivity index (χ1v) is 9.95. The Morgan fingerprint density at radius 1 is 0.828 bits per heavy atom. The topological polar surface area (TPSA) is 21.7 Å². The van der Waals surface area contributed by atoms with Crippen LogP contribution in [0.25, 0.3) is 0 Å². The lowest BCUT2D eigenvalue weighted by Crippen LogP contribution is -2.42. The van der Waals surface area contributed by atoms with E-state index in [9.17, 15) is 0 Å². The van der Waals surface area contributed by atoms with Crippen molar-refractivity contribution in [2.24, 2.45) is 0 Å². The molecule has 1 aliphatic heterocycles. The average Bonchev–Trinajstić information content (AvgIpc) is 2.76. The van der Waals surface area contributed by atoms with Crippen LogP contribution in [0.1, 0.15) is 23.5 Å². The Morgan fingerprint density at radius 3 is 2.14 bits per heavy atom. The maximum Gasteiger partial charge on any atom is 0.120 e. The van der Waals surface area contributed by atoms with Gasteiger partial charge in [-0.2, -0.15) is 0 Å². The molecule has 4 heteroatoms. The SMILES string of the molecule is CN1CC[C@@H](Oc2ccc(OCc3ccccc3)cc2)[C@H](c2ccccc2)C1.Cl. The highest BCUT2D eigenvalue weighted by Gasteiger charge is 2.30. The number of benzene rings is 3. The van der Waals surface area contributed by atoms with Crippen molar-refractivity contribution in [2.45, 2.75) is 25.0 Å². The van der Waals surface area contributed by atoms with Crippen molar-refractivity contribution in [3.05, 3.63) is 96.1 Å². The monoisotopic (exact) mass is 409 g/mol. The molecule has 0 radical (unpaired) electrons. The van der Waals surface area contributed by atoms with Gasteiger partial charge in [-0.3, -0.25) is 0 Å². The summed E-state index contributed by atoms with van der Waals surface area (Å²) in [6.07, 6.45) is 1.22. The first kappa shape index (κ1) is 21.2. The number of likely N-dealkylation sites (N-methyl/N-ethyl adjacent to an activating group) is 1. The molecule has 0 bridgehead atoms. The number of rotatable bonds is 6. The molecule has 0 N–H and O–H groups in total. The van der Waals surface area contributed by atoms with Gasteiger partial charge in [0.1, 0.15) is 24.2 Å². The third-order valence-electron chi connectivity index (χ3n) is 5.34. The second-order valence-electron chi connectivity index (χ2n) is 7.47. The largest absolute Gasteiger partial charge is 0.490 e. The fourth-order valence-corrected chi connectivity index (χ4v) is 3.78. The Balaban J connectivity index is 0.00000240. The molecule has 0 saturated carbocycles. The zero-order valence-corrected chi connectivity index (χ0v) is 17.6. The van der Waals surface area contributed by atoms with E-state index < -0.39 is 0 Å². The van der Waals surface area contributed by atoms with Crippen LogP contribution in [0.15, 0.2) is 84.9 Å². The van der Waals surface area contributed by atoms with Gasteiger partial charge in [0.2, 0.25) is 0 Å². The van der Waals surface area contributed by atoms with E-state index >= 15 is 0 Å². The van der Waals surface area contributed by atoms with Crippen LogP contribution in [0.5, 0.6) is 11.5 Å². The van der Waals surface area contributed by atoms with Gasteiger partial charge in [-0.05, 0) is 48.9 Å². The summed E-state index contributed by atoms with van der Waals surface area (Å²) in [5, 5.41) is 0. The maximum atomic E-state index is 6.41. The van der Waals surface area contributed by atoms with E-state index in [1.807, 2.05) is 42.5 Å². The van der Waals surface area contributed by atoms with Gasteiger partial charge < -0.3 is 14.4 Å². The Kier molecular flexibility index (Phi) is 7.56. The first-order chi connectivity index (χ1) is 13.8. The zero-order chi connectivity index (χ0) is 19.2. The Labute approximate surface area is 179 Å². The number of hydrogen-bond donors (Lipinski definition) is 0. The van der Waals surface area contributed by atoms with Gasteiger partial charge in [0.15, 0.2) is 0 Å². The highest BCUT2D eigenvalue weighted by atomic mass is 35.5. The minimum Gasteiger partial charge on any atom is -0.490 e. The lowest BCUT2D eigenvalue weighted by atomic mass is 9.88. The molecule has 1 saturated heterocycles. The summed E-state index contributed by atoms with van der Waals surface area (Å²) in [4.78, 5) is 2.39. The summed E-state index contributed by atoms with van der Waals surface area (Å²) in [7, 11) is 2.19. The van der Waals surface area contributed by atoms with E-state index in [-0.39, 0.29) is 18.5 Å². The minimum absolute atomic E-state index is 0. The third-order valence-corrected chi connectivity index (χ3v) is 5.34. The maximum absolute atomic E-state index is 6.41. The molecule has 0 unspecified atom stereocenters. The number of piperidine rings is 1. The summed E-state index contributed by atoms with van der Waals surface area (Å²) in [5.74, 6) is 2.15. The van der Waals surface area contributed by atoms with Gasteiger partial charge in [-0.25, -0.2) is 0 Å². The molecule has 152 valence electrons. The molecule has 0 aliphatic carbocycles. The van der Waals surface area contributed by atoms with Gasteiger partial charge in [0, 0.05) is 19.0 Å². The summed E-state index contributed by atoms with van der Waals surface area (Å²) < 4.78 is 12.3. The van der Waals surface area contributed by atoms with Crippen LogP contribution in [0.4, 0.5) is 0 Å². The van der Waals surface area contributed by atoms with E-state index in [0.29, 0.717) is 12.5 Å². The van der Waals surface area contributed by atoms with E-state index in [1.165, 1.54) is 11.1 Å². The van der Waals surface area contributed by atoms with Crippen LogP contribution in [-0.2, 0) is 6.61 Å². The standard InChI is InChI=1S/C25H27NO2.ClH/c1-26-17-16-25(24(18-26)21-10-6-3-7-11-21)28-23-14-12-22(13-15-23)27-19-20-8-4-2-5-9-20;/h2-15,24-25H,16-19H2,1H3;1H/t24-,25+;/m0./s1. The van der Waals surface area contributed by atoms with E-state index in [0.717, 1.165) is 31.0 Å². The lowest BCUT2D eigenvalue weighted by molar-refractivity contribution is 0.0901. The highest BCUT2D eigenvalue weighted by molar-refractivity contribution is 5.85. The van der Waals surface area contributed by atoms with Crippen molar-refractivity contribution in [2.75, 3.05) is 20.1 Å². The number of likely N-dealkylation sites (tertiary alicyclic amines) is 1. The smallest absolute Gasteiger partial charge is 0.120 e. The van der Waals surface area contributed by atoms with Crippen molar-refractivity contribution in [3.63, 3.8) is 0 Å². The van der Waals surface area contributed by atoms with Crippen LogP contribution in [0.2, 0.25) is 0 Å². The molecule has 1 aliphatic rings. The fraction of sp³-hybridized carbons (Fsp3) is 0.280. The second-order valence-corrected chi connectivity index (χ2v) is 7.47. The van der Waals surface area contributed by atoms with E-state index in [2.05, 4.69) is 54.4 Å². The van der Waals surface area contributed by atoms with Crippen molar-refractivity contribution in [3.8, 4) is 11.5 Å². The molecule has 1 heterocycles. The predicted octanol–water partition coefficient (Wildman–Crippen LogP) is 5.55. The van der Waals surface area contributed by atoms with E-state index in [4.69, 9.17) is 9.47 Å². The van der Waals surface area contributed by atoms with Crippen LogP contribution in [0, 0.1) is 0 Å². The van der Waals surface area contributed by atoms with Crippen molar-refractivity contribution in [1.29, 1.82) is 0 Å². The van der Waals surface area contributed by atoms with Gasteiger partial charge in [-0.1, -0.05) is 60.7 Å². The Bertz CT molecular complexity index is 855. The Hall–Kier alpha value is -2.49. The second kappa shape index (κ2) is 10.3. The Morgan fingerprint density at radius 2 is 1.45 bits per heavy atom. The highest BCUT2D eigenvalue weighted by Crippen LogP contribution is 2.31. The molecule has 0 spiro atoms. The normalized spacial score (nSPS) is 19.2. The van der Waals surface area contributed by atoms with Crippen LogP contribution < -0.4 is 9.47 Å². The van der Waals surface area contributed by atoms with Gasteiger partial charge >= 0.3 is 0 Å². The quantitative estimate of drug-likeness (QED) is 0.532. The molecule has 29 heavy (non-hydrogen) atoms. The van der Waals surface area contributed by atoms with Gasteiger partial charge in [0.05, 0.1) is 0 Å². The first-order valence-electron chi connectivity index (χ1n) is 9.95. The van der Waals surface area contributed by atoms with Crippen molar-refractivity contribution >= 4 is 12.4 Å². The fourth-order valence-electron chi connectivity index (χ4n) is 3.78. The summed E-state index contributed by atoms with van der Waals surface area (Å²) in [5.41, 5.74) is 2.52. The number of hydrogen-bond acceptors (Lipinski definition) is 3. The molecular formula is C25H28ClNO2. The molecule has 3 aromatic rings. The van der Waals surface area contributed by atoms with Crippen LogP contribution in [0.3, 0.4) is 0 Å². The molecule has 1 fully saturated rings. The number of nitrogens with zero attached hydrogens (tertiary/aromatic N) is 1. The third kappa shape index (κ3) is 5.75. The average molecular weight is 410 g/mol.